The second-order valence-electron chi connectivity index (χ2n) is 6.15. The predicted molar refractivity (Wildman–Crippen MR) is 106 cm³/mol. The molecule has 0 aliphatic carbocycles. The van der Waals surface area contributed by atoms with Crippen LogP contribution >= 0.6 is 0 Å². The number of amides is 2. The van der Waals surface area contributed by atoms with Crippen molar-refractivity contribution in [2.45, 2.75) is 26.4 Å². The van der Waals surface area contributed by atoms with Gasteiger partial charge in [0.1, 0.15) is 17.2 Å². The van der Waals surface area contributed by atoms with Gasteiger partial charge in [-0.1, -0.05) is 12.1 Å². The summed E-state index contributed by atoms with van der Waals surface area (Å²) in [5.41, 5.74) is 0.890. The molecule has 2 rings (SSSR count). The molecule has 0 bridgehead atoms. The van der Waals surface area contributed by atoms with Crippen LogP contribution in [0.1, 0.15) is 19.4 Å². The van der Waals surface area contributed by atoms with Crippen molar-refractivity contribution in [3.63, 3.8) is 0 Å². The van der Waals surface area contributed by atoms with Gasteiger partial charge in [-0.2, -0.15) is 0 Å². The molecule has 3 N–H and O–H groups in total. The summed E-state index contributed by atoms with van der Waals surface area (Å²) in [4.78, 5) is 24.0. The van der Waals surface area contributed by atoms with Crippen molar-refractivity contribution >= 4 is 11.8 Å². The number of phenolic OH excluding ortho intramolecular Hbond substituents is 1. The summed E-state index contributed by atoms with van der Waals surface area (Å²) in [6.07, 6.45) is -0.426. The number of hydrogen-bond donors (Lipinski definition) is 3. The molecular weight excluding hydrogens is 360 g/mol. The number of benzene rings is 2. The van der Waals surface area contributed by atoms with Crippen LogP contribution in [0.15, 0.2) is 48.5 Å². The maximum atomic E-state index is 12.0. The van der Waals surface area contributed by atoms with Gasteiger partial charge in [-0.05, 0) is 55.8 Å². The highest BCUT2D eigenvalue weighted by molar-refractivity contribution is 5.81. The van der Waals surface area contributed by atoms with Gasteiger partial charge in [-0.3, -0.25) is 9.59 Å². The lowest BCUT2D eigenvalue weighted by Crippen LogP contribution is -2.41. The van der Waals surface area contributed by atoms with E-state index in [-0.39, 0.29) is 24.0 Å². The molecule has 2 amide bonds. The SMILES string of the molecule is CCOc1ccc(CC(=O)NCCNC(=O)C(C)Oc2ccc(O)cc2)cc1. The molecule has 2 aromatic carbocycles. The summed E-state index contributed by atoms with van der Waals surface area (Å²) in [7, 11) is 0. The van der Waals surface area contributed by atoms with Crippen LogP contribution in [-0.4, -0.2) is 42.7 Å². The van der Waals surface area contributed by atoms with Crippen molar-refractivity contribution in [3.8, 4) is 17.2 Å². The minimum atomic E-state index is -0.691. The molecule has 0 saturated carbocycles. The van der Waals surface area contributed by atoms with Gasteiger partial charge in [-0.25, -0.2) is 0 Å². The van der Waals surface area contributed by atoms with Gasteiger partial charge in [0, 0.05) is 13.1 Å². The van der Waals surface area contributed by atoms with Gasteiger partial charge in [0.2, 0.25) is 5.91 Å². The molecule has 0 aliphatic rings. The maximum absolute atomic E-state index is 12.0. The molecule has 0 aliphatic heterocycles. The first-order valence-electron chi connectivity index (χ1n) is 9.19. The summed E-state index contributed by atoms with van der Waals surface area (Å²) >= 11 is 0. The Morgan fingerprint density at radius 3 is 2.21 bits per heavy atom. The molecule has 7 nitrogen and oxygen atoms in total. The Balaban J connectivity index is 1.64. The molecule has 0 heterocycles. The summed E-state index contributed by atoms with van der Waals surface area (Å²) in [6, 6.07) is 13.5. The van der Waals surface area contributed by atoms with E-state index >= 15 is 0 Å². The van der Waals surface area contributed by atoms with Crippen LogP contribution in [0.5, 0.6) is 17.2 Å². The Bertz CT molecular complexity index is 759. The summed E-state index contributed by atoms with van der Waals surface area (Å²) < 4.78 is 10.9. The monoisotopic (exact) mass is 386 g/mol. The average Bonchev–Trinajstić information content (AvgIpc) is 2.68. The second-order valence-corrected chi connectivity index (χ2v) is 6.15. The molecule has 2 aromatic rings. The van der Waals surface area contributed by atoms with Gasteiger partial charge in [0.25, 0.3) is 5.91 Å². The van der Waals surface area contributed by atoms with Crippen LogP contribution < -0.4 is 20.1 Å². The van der Waals surface area contributed by atoms with E-state index in [0.717, 1.165) is 11.3 Å². The third-order valence-electron chi connectivity index (χ3n) is 3.86. The van der Waals surface area contributed by atoms with Crippen molar-refractivity contribution in [1.82, 2.24) is 10.6 Å². The van der Waals surface area contributed by atoms with Crippen molar-refractivity contribution in [2.24, 2.45) is 0 Å². The molecule has 0 saturated heterocycles. The summed E-state index contributed by atoms with van der Waals surface area (Å²) in [5, 5.41) is 14.7. The number of aromatic hydroxyl groups is 1. The van der Waals surface area contributed by atoms with Gasteiger partial charge in [0.05, 0.1) is 13.0 Å². The third kappa shape index (κ3) is 7.19. The second kappa shape index (κ2) is 10.8. The smallest absolute Gasteiger partial charge is 0.260 e. The molecule has 0 spiro atoms. The van der Waals surface area contributed by atoms with E-state index in [4.69, 9.17) is 9.47 Å². The van der Waals surface area contributed by atoms with E-state index in [1.165, 1.54) is 12.1 Å². The molecule has 150 valence electrons. The van der Waals surface area contributed by atoms with Gasteiger partial charge >= 0.3 is 0 Å². The molecule has 0 radical (unpaired) electrons. The lowest BCUT2D eigenvalue weighted by Gasteiger charge is -2.15. The highest BCUT2D eigenvalue weighted by Gasteiger charge is 2.14. The summed E-state index contributed by atoms with van der Waals surface area (Å²) in [5.74, 6) is 0.994. The topological polar surface area (TPSA) is 96.9 Å². The Kier molecular flexibility index (Phi) is 8.14. The number of phenols is 1. The van der Waals surface area contributed by atoms with Crippen LogP contribution in [0, 0.1) is 0 Å². The molecule has 0 aromatic heterocycles. The van der Waals surface area contributed by atoms with Gasteiger partial charge < -0.3 is 25.2 Å². The van der Waals surface area contributed by atoms with E-state index in [1.807, 2.05) is 31.2 Å². The van der Waals surface area contributed by atoms with Crippen molar-refractivity contribution < 1.29 is 24.2 Å². The van der Waals surface area contributed by atoms with E-state index < -0.39 is 6.10 Å². The number of hydrogen-bond acceptors (Lipinski definition) is 5. The Labute approximate surface area is 164 Å². The fourth-order valence-corrected chi connectivity index (χ4v) is 2.43. The zero-order valence-corrected chi connectivity index (χ0v) is 16.1. The molecule has 7 heteroatoms. The van der Waals surface area contributed by atoms with Gasteiger partial charge in [0.15, 0.2) is 6.10 Å². The molecule has 1 atom stereocenters. The van der Waals surface area contributed by atoms with Crippen LogP contribution in [0.4, 0.5) is 0 Å². The Hall–Kier alpha value is -3.22. The lowest BCUT2D eigenvalue weighted by molar-refractivity contribution is -0.127. The van der Waals surface area contributed by atoms with E-state index in [1.54, 1.807) is 19.1 Å². The van der Waals surface area contributed by atoms with Crippen molar-refractivity contribution in [3.05, 3.63) is 54.1 Å². The largest absolute Gasteiger partial charge is 0.508 e. The normalized spacial score (nSPS) is 11.4. The van der Waals surface area contributed by atoms with Crippen LogP contribution in [0.3, 0.4) is 0 Å². The number of ether oxygens (including phenoxy) is 2. The van der Waals surface area contributed by atoms with E-state index in [2.05, 4.69) is 10.6 Å². The maximum Gasteiger partial charge on any atom is 0.260 e. The molecule has 1 unspecified atom stereocenters. The highest BCUT2D eigenvalue weighted by atomic mass is 16.5. The first-order chi connectivity index (χ1) is 13.5. The first kappa shape index (κ1) is 21.1. The molecule has 0 fully saturated rings. The lowest BCUT2D eigenvalue weighted by atomic mass is 10.1. The Morgan fingerprint density at radius 2 is 1.57 bits per heavy atom. The third-order valence-corrected chi connectivity index (χ3v) is 3.86. The minimum Gasteiger partial charge on any atom is -0.508 e. The zero-order valence-electron chi connectivity index (χ0n) is 16.1. The van der Waals surface area contributed by atoms with E-state index in [0.29, 0.717) is 25.4 Å². The number of carbonyl (C=O) groups excluding carboxylic acids is 2. The van der Waals surface area contributed by atoms with Crippen molar-refractivity contribution in [2.75, 3.05) is 19.7 Å². The Morgan fingerprint density at radius 1 is 0.964 bits per heavy atom. The van der Waals surface area contributed by atoms with E-state index in [9.17, 15) is 14.7 Å². The first-order valence-corrected chi connectivity index (χ1v) is 9.19. The average molecular weight is 386 g/mol. The standard InChI is InChI=1S/C21H26N2O5/c1-3-27-18-8-4-16(5-9-18)14-20(25)22-12-13-23-21(26)15(2)28-19-10-6-17(24)7-11-19/h4-11,15,24H,3,12-14H2,1-2H3,(H,22,25)(H,23,26). The molecule has 28 heavy (non-hydrogen) atoms. The number of carbonyl (C=O) groups is 2. The minimum absolute atomic E-state index is 0.119. The van der Waals surface area contributed by atoms with Gasteiger partial charge in [-0.15, -0.1) is 0 Å². The fraction of sp³-hybridized carbons (Fsp3) is 0.333. The van der Waals surface area contributed by atoms with Crippen LogP contribution in [0.25, 0.3) is 0 Å². The summed E-state index contributed by atoms with van der Waals surface area (Å²) in [6.45, 7) is 4.78. The quantitative estimate of drug-likeness (QED) is 0.543. The molecular formula is C21H26N2O5. The number of nitrogens with one attached hydrogen (secondary N) is 2. The number of rotatable bonds is 10. The van der Waals surface area contributed by atoms with Crippen LogP contribution in [-0.2, 0) is 16.0 Å². The fourth-order valence-electron chi connectivity index (χ4n) is 2.43. The highest BCUT2D eigenvalue weighted by Crippen LogP contribution is 2.17. The predicted octanol–water partition coefficient (Wildman–Crippen LogP) is 2.03. The zero-order chi connectivity index (χ0) is 20.4. The van der Waals surface area contributed by atoms with Crippen LogP contribution in [0.2, 0.25) is 0 Å². The van der Waals surface area contributed by atoms with Crippen molar-refractivity contribution in [1.29, 1.82) is 0 Å².